The van der Waals surface area contributed by atoms with Gasteiger partial charge in [-0.05, 0) is 24.9 Å². The summed E-state index contributed by atoms with van der Waals surface area (Å²) in [6.45, 7) is 3.87. The number of rotatable bonds is 6. The molecule has 2 rings (SSSR count). The van der Waals surface area contributed by atoms with Crippen molar-refractivity contribution in [3.05, 3.63) is 35.9 Å². The van der Waals surface area contributed by atoms with E-state index < -0.39 is 15.1 Å². The summed E-state index contributed by atoms with van der Waals surface area (Å²) < 4.78 is 30.6. The van der Waals surface area contributed by atoms with Crippen molar-refractivity contribution in [1.29, 1.82) is 0 Å². The van der Waals surface area contributed by atoms with Gasteiger partial charge in [0.15, 0.2) is 9.84 Å². The largest absolute Gasteiger partial charge is 0.380 e. The molecule has 0 aromatic heterocycles. The lowest BCUT2D eigenvalue weighted by Crippen LogP contribution is -2.50. The Morgan fingerprint density at radius 1 is 1.30 bits per heavy atom. The second-order valence-electron chi connectivity index (χ2n) is 5.26. The van der Waals surface area contributed by atoms with Crippen molar-refractivity contribution < 1.29 is 13.2 Å². The van der Waals surface area contributed by atoms with E-state index in [1.165, 1.54) is 0 Å². The van der Waals surface area contributed by atoms with Gasteiger partial charge in [0.1, 0.15) is 5.25 Å². The fraction of sp³-hybridized carbons (Fsp3) is 0.600. The maximum Gasteiger partial charge on any atom is 0.161 e. The van der Waals surface area contributed by atoms with E-state index in [2.05, 4.69) is 12.2 Å². The Kier molecular flexibility index (Phi) is 5.57. The molecule has 4 nitrogen and oxygen atoms in total. The average molecular weight is 297 g/mol. The smallest absolute Gasteiger partial charge is 0.161 e. The topological polar surface area (TPSA) is 55.4 Å². The van der Waals surface area contributed by atoms with Crippen molar-refractivity contribution >= 4 is 9.84 Å². The van der Waals surface area contributed by atoms with Crippen molar-refractivity contribution in [1.82, 2.24) is 5.32 Å². The molecular weight excluding hydrogens is 274 g/mol. The summed E-state index contributed by atoms with van der Waals surface area (Å²) >= 11 is 0. The van der Waals surface area contributed by atoms with Crippen LogP contribution in [0.4, 0.5) is 0 Å². The standard InChI is InChI=1S/C15H23NO3S/c1-2-9-16-14-8-10-19-11-15(14)20(17,18)12-13-6-4-3-5-7-13/h3-7,14-16H,2,8-12H2,1H3. The summed E-state index contributed by atoms with van der Waals surface area (Å²) in [6, 6.07) is 9.36. The summed E-state index contributed by atoms with van der Waals surface area (Å²) in [5, 5.41) is 2.91. The maximum absolute atomic E-state index is 12.6. The van der Waals surface area contributed by atoms with Crippen LogP contribution in [0.2, 0.25) is 0 Å². The molecule has 2 unspecified atom stereocenters. The predicted octanol–water partition coefficient (Wildman–Crippen LogP) is 1.76. The lowest BCUT2D eigenvalue weighted by Gasteiger charge is -2.32. The Morgan fingerprint density at radius 3 is 2.75 bits per heavy atom. The normalized spacial score (nSPS) is 23.6. The summed E-state index contributed by atoms with van der Waals surface area (Å²) in [5.74, 6) is 0.0895. The Bertz CT molecular complexity index is 501. The zero-order chi connectivity index (χ0) is 14.4. The zero-order valence-corrected chi connectivity index (χ0v) is 12.7. The Hall–Kier alpha value is -0.910. The van der Waals surface area contributed by atoms with Crippen LogP contribution in [-0.2, 0) is 20.3 Å². The molecule has 1 fully saturated rings. The summed E-state index contributed by atoms with van der Waals surface area (Å²) in [4.78, 5) is 0. The van der Waals surface area contributed by atoms with E-state index in [4.69, 9.17) is 4.74 Å². The lowest BCUT2D eigenvalue weighted by molar-refractivity contribution is 0.0808. The van der Waals surface area contributed by atoms with Crippen LogP contribution >= 0.6 is 0 Å². The van der Waals surface area contributed by atoms with Crippen LogP contribution in [-0.4, -0.2) is 39.5 Å². The highest BCUT2D eigenvalue weighted by atomic mass is 32.2. The fourth-order valence-electron chi connectivity index (χ4n) is 2.54. The van der Waals surface area contributed by atoms with Gasteiger partial charge in [-0.3, -0.25) is 0 Å². The third-order valence-electron chi connectivity index (χ3n) is 3.63. The first-order valence-corrected chi connectivity index (χ1v) is 8.91. The van der Waals surface area contributed by atoms with E-state index in [1.807, 2.05) is 30.3 Å². The van der Waals surface area contributed by atoms with E-state index in [0.717, 1.165) is 24.9 Å². The van der Waals surface area contributed by atoms with E-state index in [1.54, 1.807) is 0 Å². The first-order valence-electron chi connectivity index (χ1n) is 7.20. The molecule has 0 amide bonds. The summed E-state index contributed by atoms with van der Waals surface area (Å²) in [6.07, 6.45) is 1.77. The van der Waals surface area contributed by atoms with Crippen LogP contribution in [0.15, 0.2) is 30.3 Å². The molecule has 0 saturated carbocycles. The van der Waals surface area contributed by atoms with Gasteiger partial charge >= 0.3 is 0 Å². The molecule has 1 aromatic rings. The average Bonchev–Trinajstić information content (AvgIpc) is 2.46. The van der Waals surface area contributed by atoms with Crippen LogP contribution in [0.3, 0.4) is 0 Å². The second-order valence-corrected chi connectivity index (χ2v) is 7.48. The van der Waals surface area contributed by atoms with Gasteiger partial charge in [-0.15, -0.1) is 0 Å². The zero-order valence-electron chi connectivity index (χ0n) is 11.9. The lowest BCUT2D eigenvalue weighted by atomic mass is 10.1. The number of benzene rings is 1. The van der Waals surface area contributed by atoms with Gasteiger partial charge < -0.3 is 10.1 Å². The summed E-state index contributed by atoms with van der Waals surface area (Å²) in [7, 11) is -3.20. The molecule has 0 spiro atoms. The van der Waals surface area contributed by atoms with Crippen LogP contribution in [0.5, 0.6) is 0 Å². The minimum Gasteiger partial charge on any atom is -0.380 e. The van der Waals surface area contributed by atoms with Crippen molar-refractivity contribution in [2.45, 2.75) is 36.8 Å². The number of hydrogen-bond acceptors (Lipinski definition) is 4. The summed E-state index contributed by atoms with van der Waals surface area (Å²) in [5.41, 5.74) is 0.840. The van der Waals surface area contributed by atoms with Gasteiger partial charge in [0.05, 0.1) is 12.4 Å². The highest BCUT2D eigenvalue weighted by Crippen LogP contribution is 2.20. The molecule has 2 atom stereocenters. The first-order chi connectivity index (χ1) is 9.63. The Balaban J connectivity index is 2.09. The molecule has 0 bridgehead atoms. The number of sulfone groups is 1. The van der Waals surface area contributed by atoms with Crippen LogP contribution in [0.25, 0.3) is 0 Å². The third-order valence-corrected chi connectivity index (χ3v) is 5.76. The van der Waals surface area contributed by atoms with Crippen LogP contribution < -0.4 is 5.32 Å². The van der Waals surface area contributed by atoms with Gasteiger partial charge in [0, 0.05) is 12.6 Å². The van der Waals surface area contributed by atoms with Gasteiger partial charge in [-0.2, -0.15) is 0 Å². The Labute approximate surface area is 121 Å². The molecule has 1 aromatic carbocycles. The predicted molar refractivity (Wildman–Crippen MR) is 80.4 cm³/mol. The highest BCUT2D eigenvalue weighted by molar-refractivity contribution is 7.91. The molecular formula is C15H23NO3S. The van der Waals surface area contributed by atoms with Crippen LogP contribution in [0.1, 0.15) is 25.3 Å². The second kappa shape index (κ2) is 7.20. The molecule has 1 heterocycles. The van der Waals surface area contributed by atoms with E-state index in [9.17, 15) is 8.42 Å². The molecule has 1 saturated heterocycles. The molecule has 0 aliphatic carbocycles. The monoisotopic (exact) mass is 297 g/mol. The van der Waals surface area contributed by atoms with E-state index >= 15 is 0 Å². The molecule has 1 aliphatic heterocycles. The van der Waals surface area contributed by atoms with Gasteiger partial charge in [-0.25, -0.2) is 8.42 Å². The molecule has 5 heteroatoms. The van der Waals surface area contributed by atoms with E-state index in [0.29, 0.717) is 13.2 Å². The molecule has 20 heavy (non-hydrogen) atoms. The highest BCUT2D eigenvalue weighted by Gasteiger charge is 2.35. The van der Waals surface area contributed by atoms with Crippen molar-refractivity contribution in [2.75, 3.05) is 19.8 Å². The molecule has 0 radical (unpaired) electrons. The van der Waals surface area contributed by atoms with E-state index in [-0.39, 0.29) is 11.8 Å². The SMILES string of the molecule is CCCNC1CCOCC1S(=O)(=O)Cc1ccccc1. The maximum atomic E-state index is 12.6. The molecule has 1 N–H and O–H groups in total. The minimum atomic E-state index is -3.20. The Morgan fingerprint density at radius 2 is 2.05 bits per heavy atom. The molecule has 112 valence electrons. The quantitative estimate of drug-likeness (QED) is 0.869. The van der Waals surface area contributed by atoms with Gasteiger partial charge in [0.2, 0.25) is 0 Å². The molecule has 1 aliphatic rings. The van der Waals surface area contributed by atoms with Gasteiger partial charge in [-0.1, -0.05) is 37.3 Å². The minimum absolute atomic E-state index is 0.0115. The first kappa shape index (κ1) is 15.5. The number of nitrogens with one attached hydrogen (secondary N) is 1. The number of ether oxygens (including phenoxy) is 1. The van der Waals surface area contributed by atoms with Crippen LogP contribution in [0, 0.1) is 0 Å². The van der Waals surface area contributed by atoms with Crippen molar-refractivity contribution in [3.8, 4) is 0 Å². The van der Waals surface area contributed by atoms with Crippen molar-refractivity contribution in [3.63, 3.8) is 0 Å². The van der Waals surface area contributed by atoms with Gasteiger partial charge in [0.25, 0.3) is 0 Å². The fourth-order valence-corrected chi connectivity index (χ4v) is 4.45. The third kappa shape index (κ3) is 4.04. The van der Waals surface area contributed by atoms with Crippen molar-refractivity contribution in [2.24, 2.45) is 0 Å². The number of hydrogen-bond donors (Lipinski definition) is 1.